The summed E-state index contributed by atoms with van der Waals surface area (Å²) in [5, 5.41) is 0. The van der Waals surface area contributed by atoms with E-state index < -0.39 is 5.60 Å². The smallest absolute Gasteiger partial charge is 0.171 e. The molecule has 104 valence electrons. The Morgan fingerprint density at radius 1 is 1.22 bits per heavy atom. The first kappa shape index (κ1) is 14.0. The number of nitrogens with zero attached hydrogens (tertiary/aromatic N) is 1. The first-order valence-corrected chi connectivity index (χ1v) is 7.19. The van der Waals surface area contributed by atoms with Crippen LogP contribution < -0.4 is 0 Å². The van der Waals surface area contributed by atoms with E-state index in [9.17, 15) is 4.79 Å². The summed E-state index contributed by atoms with van der Waals surface area (Å²) in [6.45, 7) is 13.3. The molecular formula is C15H27NO2. The number of Topliss-reactive ketones (excluding diaryl/α,β-unsaturated/α-hetero) is 1. The summed E-state index contributed by atoms with van der Waals surface area (Å²) in [5.41, 5.74) is -0.944. The normalized spacial score (nSPS) is 32.9. The highest BCUT2D eigenvalue weighted by Gasteiger charge is 2.53. The number of hydrogen-bond donors (Lipinski definition) is 0. The molecular weight excluding hydrogens is 226 g/mol. The number of ketones is 1. The lowest BCUT2D eigenvalue weighted by atomic mass is 9.85. The van der Waals surface area contributed by atoms with Crippen LogP contribution in [0.1, 0.15) is 47.5 Å². The fourth-order valence-corrected chi connectivity index (χ4v) is 3.32. The molecule has 0 spiro atoms. The van der Waals surface area contributed by atoms with E-state index in [2.05, 4.69) is 25.7 Å². The Morgan fingerprint density at radius 2 is 1.78 bits per heavy atom. The predicted octanol–water partition coefficient (Wildman–Crippen LogP) is 2.49. The summed E-state index contributed by atoms with van der Waals surface area (Å²) in [7, 11) is 0. The molecule has 0 saturated carbocycles. The third-order valence-corrected chi connectivity index (χ3v) is 4.58. The van der Waals surface area contributed by atoms with E-state index in [1.165, 1.54) is 12.8 Å². The number of piperidine rings is 1. The largest absolute Gasteiger partial charge is 0.361 e. The molecule has 1 unspecified atom stereocenters. The standard InChI is InChI=1S/C15H27NO2/c1-11-6-8-16(9-7-11)10-12-13(17)15(4,5)18-14(12,2)3/h11-12H,6-10H2,1-5H3. The highest BCUT2D eigenvalue weighted by Crippen LogP contribution is 2.39. The molecule has 0 aromatic heterocycles. The molecule has 18 heavy (non-hydrogen) atoms. The molecule has 2 fully saturated rings. The van der Waals surface area contributed by atoms with E-state index in [1.807, 2.05) is 13.8 Å². The third kappa shape index (κ3) is 2.62. The number of carbonyl (C=O) groups is 1. The molecule has 3 heteroatoms. The lowest BCUT2D eigenvalue weighted by molar-refractivity contribution is -0.132. The minimum absolute atomic E-state index is 0.0147. The molecule has 0 aromatic rings. The maximum atomic E-state index is 12.4. The lowest BCUT2D eigenvalue weighted by Gasteiger charge is -2.34. The molecule has 0 aromatic carbocycles. The first-order chi connectivity index (χ1) is 8.22. The van der Waals surface area contributed by atoms with Crippen molar-refractivity contribution in [3.05, 3.63) is 0 Å². The van der Waals surface area contributed by atoms with Gasteiger partial charge in [0.25, 0.3) is 0 Å². The highest BCUT2D eigenvalue weighted by atomic mass is 16.5. The molecule has 0 bridgehead atoms. The second-order valence-electron chi connectivity index (χ2n) is 7.12. The van der Waals surface area contributed by atoms with Crippen LogP contribution in [0.15, 0.2) is 0 Å². The number of carbonyl (C=O) groups excluding carboxylic acids is 1. The second kappa shape index (κ2) is 4.61. The molecule has 1 atom stereocenters. The minimum Gasteiger partial charge on any atom is -0.361 e. The number of hydrogen-bond acceptors (Lipinski definition) is 3. The van der Waals surface area contributed by atoms with Crippen LogP contribution in [0.2, 0.25) is 0 Å². The van der Waals surface area contributed by atoms with Crippen LogP contribution in [0.25, 0.3) is 0 Å². The van der Waals surface area contributed by atoms with Crippen LogP contribution in [0.3, 0.4) is 0 Å². The monoisotopic (exact) mass is 253 g/mol. The van der Waals surface area contributed by atoms with Gasteiger partial charge in [0, 0.05) is 6.54 Å². The molecule has 2 rings (SSSR count). The van der Waals surface area contributed by atoms with E-state index in [0.29, 0.717) is 0 Å². The zero-order valence-corrected chi connectivity index (χ0v) is 12.5. The summed E-state index contributed by atoms with van der Waals surface area (Å²) >= 11 is 0. The lowest BCUT2D eigenvalue weighted by Crippen LogP contribution is -2.43. The Morgan fingerprint density at radius 3 is 2.22 bits per heavy atom. The van der Waals surface area contributed by atoms with E-state index in [-0.39, 0.29) is 17.3 Å². The van der Waals surface area contributed by atoms with Crippen molar-refractivity contribution in [3.63, 3.8) is 0 Å². The Hall–Kier alpha value is -0.410. The van der Waals surface area contributed by atoms with Crippen LogP contribution in [0, 0.1) is 11.8 Å². The summed E-state index contributed by atoms with van der Waals surface area (Å²) in [6.07, 6.45) is 2.51. The quantitative estimate of drug-likeness (QED) is 0.757. The van der Waals surface area contributed by atoms with Crippen molar-refractivity contribution in [2.45, 2.75) is 58.7 Å². The highest BCUT2D eigenvalue weighted by molar-refractivity contribution is 5.91. The van der Waals surface area contributed by atoms with Gasteiger partial charge in [-0.3, -0.25) is 4.79 Å². The van der Waals surface area contributed by atoms with Gasteiger partial charge >= 0.3 is 0 Å². The Balaban J connectivity index is 2.02. The summed E-state index contributed by atoms with van der Waals surface area (Å²) in [6, 6.07) is 0. The molecule has 3 nitrogen and oxygen atoms in total. The molecule has 2 aliphatic rings. The predicted molar refractivity (Wildman–Crippen MR) is 72.6 cm³/mol. The maximum absolute atomic E-state index is 12.4. The minimum atomic E-state index is -0.614. The van der Waals surface area contributed by atoms with Gasteiger partial charge in [0.1, 0.15) is 5.60 Å². The van der Waals surface area contributed by atoms with E-state index >= 15 is 0 Å². The molecule has 0 radical (unpaired) electrons. The van der Waals surface area contributed by atoms with Crippen LogP contribution >= 0.6 is 0 Å². The average Bonchev–Trinajstić information content (AvgIpc) is 2.39. The first-order valence-electron chi connectivity index (χ1n) is 7.19. The number of ether oxygens (including phenoxy) is 1. The van der Waals surface area contributed by atoms with Gasteiger partial charge in [-0.05, 0) is 59.5 Å². The molecule has 0 N–H and O–H groups in total. The van der Waals surface area contributed by atoms with Crippen molar-refractivity contribution in [3.8, 4) is 0 Å². The van der Waals surface area contributed by atoms with Gasteiger partial charge in [-0.25, -0.2) is 0 Å². The van der Waals surface area contributed by atoms with Gasteiger partial charge in [0.2, 0.25) is 0 Å². The van der Waals surface area contributed by atoms with Crippen molar-refractivity contribution >= 4 is 5.78 Å². The topological polar surface area (TPSA) is 29.5 Å². The zero-order valence-electron chi connectivity index (χ0n) is 12.5. The SMILES string of the molecule is CC1CCN(CC2C(=O)C(C)(C)OC2(C)C)CC1. The number of rotatable bonds is 2. The fourth-order valence-electron chi connectivity index (χ4n) is 3.32. The van der Waals surface area contributed by atoms with Crippen molar-refractivity contribution in [2.75, 3.05) is 19.6 Å². The van der Waals surface area contributed by atoms with Crippen LogP contribution in [0.4, 0.5) is 0 Å². The molecule has 2 heterocycles. The van der Waals surface area contributed by atoms with Gasteiger partial charge in [-0.15, -0.1) is 0 Å². The van der Waals surface area contributed by atoms with Gasteiger partial charge in [0.05, 0.1) is 11.5 Å². The zero-order chi connectivity index (χ0) is 13.6. The van der Waals surface area contributed by atoms with Gasteiger partial charge in [-0.2, -0.15) is 0 Å². The van der Waals surface area contributed by atoms with Crippen LogP contribution in [0.5, 0.6) is 0 Å². The van der Waals surface area contributed by atoms with Crippen LogP contribution in [-0.2, 0) is 9.53 Å². The van der Waals surface area contributed by atoms with Crippen molar-refractivity contribution < 1.29 is 9.53 Å². The van der Waals surface area contributed by atoms with Crippen molar-refractivity contribution in [2.24, 2.45) is 11.8 Å². The third-order valence-electron chi connectivity index (χ3n) is 4.58. The Bertz CT molecular complexity index is 327. The Kier molecular flexibility index (Phi) is 3.58. The molecule has 2 aliphatic heterocycles. The Labute approximate surface area is 111 Å². The molecule has 2 saturated heterocycles. The van der Waals surface area contributed by atoms with Crippen molar-refractivity contribution in [1.29, 1.82) is 0 Å². The summed E-state index contributed by atoms with van der Waals surface area (Å²) in [4.78, 5) is 14.9. The van der Waals surface area contributed by atoms with Crippen molar-refractivity contribution in [1.82, 2.24) is 4.90 Å². The fraction of sp³-hybridized carbons (Fsp3) is 0.933. The van der Waals surface area contributed by atoms with Crippen LogP contribution in [-0.4, -0.2) is 41.5 Å². The van der Waals surface area contributed by atoms with E-state index in [0.717, 1.165) is 25.6 Å². The molecule has 0 amide bonds. The average molecular weight is 253 g/mol. The van der Waals surface area contributed by atoms with Gasteiger partial charge in [-0.1, -0.05) is 6.92 Å². The summed E-state index contributed by atoms with van der Waals surface area (Å²) < 4.78 is 5.95. The van der Waals surface area contributed by atoms with Gasteiger partial charge in [0.15, 0.2) is 5.78 Å². The molecule has 0 aliphatic carbocycles. The summed E-state index contributed by atoms with van der Waals surface area (Å²) in [5.74, 6) is 1.12. The van der Waals surface area contributed by atoms with E-state index in [4.69, 9.17) is 4.74 Å². The number of likely N-dealkylation sites (tertiary alicyclic amines) is 1. The maximum Gasteiger partial charge on any atom is 0.171 e. The van der Waals surface area contributed by atoms with Gasteiger partial charge < -0.3 is 9.64 Å². The van der Waals surface area contributed by atoms with E-state index in [1.54, 1.807) is 0 Å². The second-order valence-corrected chi connectivity index (χ2v) is 7.12.